The Kier molecular flexibility index (Phi) is 4.39. The Morgan fingerprint density at radius 3 is 2.63 bits per heavy atom. The van der Waals surface area contributed by atoms with E-state index >= 15 is 0 Å². The molecule has 0 fully saturated rings. The Balaban J connectivity index is 1.40. The van der Waals surface area contributed by atoms with Crippen LogP contribution in [0, 0.1) is 6.92 Å². The van der Waals surface area contributed by atoms with E-state index in [9.17, 15) is 4.79 Å². The molecule has 38 heavy (non-hydrogen) atoms. The second-order valence-corrected chi connectivity index (χ2v) is 10.7. The van der Waals surface area contributed by atoms with Gasteiger partial charge in [-0.1, -0.05) is 48.5 Å². The third kappa shape index (κ3) is 3.07. The van der Waals surface area contributed by atoms with E-state index in [4.69, 9.17) is 19.2 Å². The lowest BCUT2D eigenvalue weighted by Crippen LogP contribution is -2.21. The molecule has 1 aliphatic rings. The van der Waals surface area contributed by atoms with E-state index in [1.54, 1.807) is 28.2 Å². The van der Waals surface area contributed by atoms with Gasteiger partial charge in [0, 0.05) is 15.3 Å². The number of thiophene rings is 1. The molecule has 0 saturated heterocycles. The molecule has 1 aliphatic heterocycles. The van der Waals surface area contributed by atoms with Gasteiger partial charge in [0.25, 0.3) is 0 Å². The van der Waals surface area contributed by atoms with Gasteiger partial charge in [0.1, 0.15) is 11.9 Å². The van der Waals surface area contributed by atoms with Crippen LogP contribution in [-0.4, -0.2) is 19.6 Å². The summed E-state index contributed by atoms with van der Waals surface area (Å²) in [4.78, 5) is 25.2. The summed E-state index contributed by atoms with van der Waals surface area (Å²) in [6.07, 6.45) is 1.61. The smallest absolute Gasteiger partial charge is 0.344 e. The molecule has 0 aliphatic carbocycles. The highest BCUT2D eigenvalue weighted by atomic mass is 32.1. The second-order valence-electron chi connectivity index (χ2n) is 9.34. The Labute approximate surface area is 219 Å². The molecule has 0 radical (unpaired) electrons. The van der Waals surface area contributed by atoms with Crippen molar-refractivity contribution in [2.24, 2.45) is 0 Å². The maximum Gasteiger partial charge on any atom is 0.344 e. The first-order valence-corrected chi connectivity index (χ1v) is 13.0. The lowest BCUT2D eigenvalue weighted by atomic mass is 9.88. The number of para-hydroxylation sites is 1. The lowest BCUT2D eigenvalue weighted by molar-refractivity contribution is 0.423. The number of fused-ring (bicyclic) bond motifs is 7. The zero-order valence-electron chi connectivity index (χ0n) is 20.1. The van der Waals surface area contributed by atoms with E-state index < -0.39 is 11.5 Å². The monoisotopic (exact) mass is 514 g/mol. The van der Waals surface area contributed by atoms with E-state index in [0.29, 0.717) is 39.8 Å². The maximum absolute atomic E-state index is 13.5. The van der Waals surface area contributed by atoms with Crippen molar-refractivity contribution >= 4 is 38.7 Å². The van der Waals surface area contributed by atoms with Crippen LogP contribution in [0.4, 0.5) is 0 Å². The summed E-state index contributed by atoms with van der Waals surface area (Å²) < 4.78 is 13.8. The number of ether oxygens (including phenoxy) is 1. The second kappa shape index (κ2) is 7.84. The maximum atomic E-state index is 13.5. The highest BCUT2D eigenvalue weighted by molar-refractivity contribution is 7.12. The number of hydrogen-bond donors (Lipinski definition) is 0. The fourth-order valence-corrected chi connectivity index (χ4v) is 6.27. The Morgan fingerprint density at radius 1 is 0.921 bits per heavy atom. The van der Waals surface area contributed by atoms with Crippen molar-refractivity contribution < 1.29 is 9.15 Å². The van der Waals surface area contributed by atoms with Crippen LogP contribution in [0.2, 0.25) is 0 Å². The molecule has 7 aromatic rings. The predicted octanol–water partition coefficient (Wildman–Crippen LogP) is 6.71. The summed E-state index contributed by atoms with van der Waals surface area (Å²) in [7, 11) is 0. The van der Waals surface area contributed by atoms with Crippen molar-refractivity contribution in [2.45, 2.75) is 12.8 Å². The van der Waals surface area contributed by atoms with Gasteiger partial charge in [-0.15, -0.1) is 16.4 Å². The van der Waals surface area contributed by atoms with Gasteiger partial charge in [-0.05, 0) is 48.0 Å². The van der Waals surface area contributed by atoms with Gasteiger partial charge in [-0.2, -0.15) is 0 Å². The Bertz CT molecular complexity index is 2120. The number of aromatic nitrogens is 4. The summed E-state index contributed by atoms with van der Waals surface area (Å²) >= 11 is 1.63. The molecule has 1 unspecified atom stereocenters. The first-order valence-electron chi connectivity index (χ1n) is 12.2. The number of nitrogens with zero attached hydrogens (tertiary/aromatic N) is 4. The van der Waals surface area contributed by atoms with Crippen LogP contribution < -0.4 is 10.4 Å². The van der Waals surface area contributed by atoms with Gasteiger partial charge in [0.15, 0.2) is 17.2 Å². The molecule has 182 valence electrons. The molecular formula is C30H18N4O3S. The van der Waals surface area contributed by atoms with Gasteiger partial charge in [-0.3, -0.25) is 0 Å². The van der Waals surface area contributed by atoms with Crippen molar-refractivity contribution in [2.75, 3.05) is 0 Å². The Morgan fingerprint density at radius 2 is 1.76 bits per heavy atom. The van der Waals surface area contributed by atoms with E-state index in [1.807, 2.05) is 49.4 Å². The predicted molar refractivity (Wildman–Crippen MR) is 146 cm³/mol. The molecule has 8 heteroatoms. The minimum Gasteiger partial charge on any atom is -0.437 e. The van der Waals surface area contributed by atoms with E-state index in [0.717, 1.165) is 31.5 Å². The molecule has 0 bridgehead atoms. The fourth-order valence-electron chi connectivity index (χ4n) is 5.27. The van der Waals surface area contributed by atoms with Crippen LogP contribution in [0.15, 0.2) is 94.4 Å². The number of benzene rings is 3. The normalized spacial score (nSPS) is 14.5. The van der Waals surface area contributed by atoms with Crippen molar-refractivity contribution in [1.29, 1.82) is 0 Å². The van der Waals surface area contributed by atoms with Crippen LogP contribution in [0.1, 0.15) is 26.8 Å². The number of hydrogen-bond acceptors (Lipinski definition) is 7. The third-order valence-electron chi connectivity index (χ3n) is 7.02. The largest absolute Gasteiger partial charge is 0.437 e. The topological polar surface area (TPSA) is 82.5 Å². The first kappa shape index (κ1) is 21.3. The molecule has 8 rings (SSSR count). The highest BCUT2D eigenvalue weighted by Crippen LogP contribution is 2.50. The van der Waals surface area contributed by atoms with Crippen LogP contribution in [0.3, 0.4) is 0 Å². The number of rotatable bonds is 2. The van der Waals surface area contributed by atoms with Crippen LogP contribution in [-0.2, 0) is 0 Å². The summed E-state index contributed by atoms with van der Waals surface area (Å²) in [5.74, 6) is 1.00. The van der Waals surface area contributed by atoms with Gasteiger partial charge in [0.2, 0.25) is 5.88 Å². The molecule has 4 aromatic heterocycles. The summed E-state index contributed by atoms with van der Waals surface area (Å²) in [6.45, 7) is 2.05. The molecule has 1 atom stereocenters. The Hall–Kier alpha value is -4.82. The van der Waals surface area contributed by atoms with Crippen molar-refractivity contribution in [1.82, 2.24) is 19.6 Å². The lowest BCUT2D eigenvalue weighted by Gasteiger charge is -2.26. The van der Waals surface area contributed by atoms with Gasteiger partial charge >= 0.3 is 5.63 Å². The highest BCUT2D eigenvalue weighted by Gasteiger charge is 2.38. The van der Waals surface area contributed by atoms with Crippen molar-refractivity contribution in [3.05, 3.63) is 116 Å². The van der Waals surface area contributed by atoms with Gasteiger partial charge < -0.3 is 9.15 Å². The quantitative estimate of drug-likeness (QED) is 0.239. The van der Waals surface area contributed by atoms with Crippen LogP contribution in [0.25, 0.3) is 38.8 Å². The third-order valence-corrected chi connectivity index (χ3v) is 8.08. The summed E-state index contributed by atoms with van der Waals surface area (Å²) in [6, 6.07) is 25.8. The fraction of sp³-hybridized carbons (Fsp3) is 0.0667. The molecule has 5 heterocycles. The molecule has 7 nitrogen and oxygen atoms in total. The van der Waals surface area contributed by atoms with Crippen LogP contribution in [0.5, 0.6) is 11.6 Å². The standard InChI is InChI=1S/C30H18N4O3S/c1-16-10-13-22(38-16)23-24-26(20-8-4-5-9-21(20)36-30(24)35)37-29-25(23)28-32-27(33-34(28)15-31-29)19-12-11-17-6-2-3-7-18(17)14-19/h2-15,23H,1H3. The molecule has 0 N–H and O–H groups in total. The van der Waals surface area contributed by atoms with E-state index in [2.05, 4.69) is 35.3 Å². The first-order chi connectivity index (χ1) is 18.6. The molecule has 3 aromatic carbocycles. The minimum absolute atomic E-state index is 0.411. The summed E-state index contributed by atoms with van der Waals surface area (Å²) in [5, 5.41) is 7.73. The minimum atomic E-state index is -0.460. The van der Waals surface area contributed by atoms with Crippen molar-refractivity contribution in [3.63, 3.8) is 0 Å². The molecular weight excluding hydrogens is 496 g/mol. The van der Waals surface area contributed by atoms with Gasteiger partial charge in [-0.25, -0.2) is 19.3 Å². The SMILES string of the molecule is Cc1ccc(C2c3c(c4ccccc4oc3=O)Oc3ncn4nc(-c5ccc6ccccc6c5)nc4c32)s1. The van der Waals surface area contributed by atoms with E-state index in [1.165, 1.54) is 0 Å². The average Bonchev–Trinajstić information content (AvgIpc) is 3.58. The van der Waals surface area contributed by atoms with E-state index in [-0.39, 0.29) is 0 Å². The van der Waals surface area contributed by atoms with Gasteiger partial charge in [0.05, 0.1) is 22.4 Å². The van der Waals surface area contributed by atoms with Crippen molar-refractivity contribution in [3.8, 4) is 23.0 Å². The zero-order valence-corrected chi connectivity index (χ0v) is 20.9. The number of aryl methyl sites for hydroxylation is 1. The molecule has 0 spiro atoms. The summed E-state index contributed by atoms with van der Waals surface area (Å²) in [5.41, 5.74) is 2.67. The average molecular weight is 515 g/mol. The molecule has 0 amide bonds. The zero-order chi connectivity index (χ0) is 25.4. The van der Waals surface area contributed by atoms with Crippen LogP contribution >= 0.6 is 11.3 Å². The molecule has 0 saturated carbocycles.